The molecule has 0 bridgehead atoms. The van der Waals surface area contributed by atoms with Gasteiger partial charge in [0.25, 0.3) is 17.5 Å². The molecule has 0 spiro atoms. The molecule has 2 aliphatic rings. The molecule has 32 heavy (non-hydrogen) atoms. The molecular formula is C23H25N5O4. The first-order valence-corrected chi connectivity index (χ1v) is 10.4. The van der Waals surface area contributed by atoms with E-state index in [1.54, 1.807) is 12.1 Å². The van der Waals surface area contributed by atoms with Crippen molar-refractivity contribution < 1.29 is 14.5 Å². The van der Waals surface area contributed by atoms with Crippen molar-refractivity contribution in [3.63, 3.8) is 0 Å². The molecule has 166 valence electrons. The van der Waals surface area contributed by atoms with Crippen LogP contribution in [-0.4, -0.2) is 73.9 Å². The summed E-state index contributed by atoms with van der Waals surface area (Å²) in [6, 6.07) is 13.0. The molecule has 2 amide bonds. The molecule has 0 saturated carbocycles. The fourth-order valence-electron chi connectivity index (χ4n) is 3.99. The van der Waals surface area contributed by atoms with Gasteiger partial charge in [-0.1, -0.05) is 0 Å². The van der Waals surface area contributed by atoms with Gasteiger partial charge in [0, 0.05) is 58.1 Å². The third-order valence-corrected chi connectivity index (χ3v) is 5.87. The number of imide groups is 1. The van der Waals surface area contributed by atoms with Gasteiger partial charge in [-0.05, 0) is 49.0 Å². The molecular weight excluding hydrogens is 410 g/mol. The Hall–Kier alpha value is -3.72. The van der Waals surface area contributed by atoms with E-state index in [1.807, 2.05) is 43.1 Å². The predicted octanol–water partition coefficient (Wildman–Crippen LogP) is 2.19. The van der Waals surface area contributed by atoms with Gasteiger partial charge >= 0.3 is 0 Å². The first-order chi connectivity index (χ1) is 15.3. The molecule has 0 aromatic heterocycles. The molecule has 2 aliphatic heterocycles. The Morgan fingerprint density at radius 2 is 1.47 bits per heavy atom. The second-order valence-corrected chi connectivity index (χ2v) is 8.17. The quantitative estimate of drug-likeness (QED) is 0.404. The normalized spacial score (nSPS) is 17.3. The smallest absolute Gasteiger partial charge is 0.282 e. The van der Waals surface area contributed by atoms with E-state index in [9.17, 15) is 19.7 Å². The van der Waals surface area contributed by atoms with Crippen molar-refractivity contribution in [3.05, 3.63) is 69.9 Å². The summed E-state index contributed by atoms with van der Waals surface area (Å²) in [4.78, 5) is 44.9. The molecule has 2 heterocycles. The number of anilines is 2. The van der Waals surface area contributed by atoms with Crippen molar-refractivity contribution in [3.8, 4) is 0 Å². The van der Waals surface area contributed by atoms with E-state index in [4.69, 9.17) is 0 Å². The van der Waals surface area contributed by atoms with Gasteiger partial charge in [-0.2, -0.15) is 0 Å². The fourth-order valence-corrected chi connectivity index (χ4v) is 3.99. The third kappa shape index (κ3) is 3.82. The Labute approximate surface area is 186 Å². The van der Waals surface area contributed by atoms with Gasteiger partial charge < -0.3 is 14.7 Å². The highest BCUT2D eigenvalue weighted by Crippen LogP contribution is 2.36. The largest absolute Gasteiger partial charge is 0.378 e. The molecule has 2 aromatic carbocycles. The lowest BCUT2D eigenvalue weighted by molar-refractivity contribution is -0.384. The van der Waals surface area contributed by atoms with Gasteiger partial charge in [-0.3, -0.25) is 19.7 Å². The summed E-state index contributed by atoms with van der Waals surface area (Å²) < 4.78 is 0. The molecule has 0 atom stereocenters. The number of carbonyl (C=O) groups is 2. The van der Waals surface area contributed by atoms with E-state index >= 15 is 0 Å². The molecule has 0 aliphatic carbocycles. The summed E-state index contributed by atoms with van der Waals surface area (Å²) in [5.74, 6) is -0.791. The maximum absolute atomic E-state index is 13.5. The highest BCUT2D eigenvalue weighted by atomic mass is 16.6. The van der Waals surface area contributed by atoms with Crippen LogP contribution in [0, 0.1) is 10.1 Å². The van der Waals surface area contributed by atoms with Crippen LogP contribution in [0.15, 0.2) is 54.2 Å². The molecule has 0 unspecified atom stereocenters. The fraction of sp³-hybridized carbons (Fsp3) is 0.304. The maximum Gasteiger partial charge on any atom is 0.282 e. The number of rotatable bonds is 5. The molecule has 0 N–H and O–H groups in total. The zero-order chi connectivity index (χ0) is 23.0. The minimum atomic E-state index is -0.486. The molecule has 1 fully saturated rings. The predicted molar refractivity (Wildman–Crippen MR) is 122 cm³/mol. The number of hydrogen-bond donors (Lipinski definition) is 0. The van der Waals surface area contributed by atoms with Crippen molar-refractivity contribution in [2.75, 3.05) is 57.1 Å². The van der Waals surface area contributed by atoms with E-state index in [0.717, 1.165) is 18.8 Å². The Morgan fingerprint density at radius 3 is 2.00 bits per heavy atom. The Balaban J connectivity index is 1.76. The standard InChI is InChI=1S/C23H25N5O4/c1-24(2)17-8-10-18(11-9-17)27-22(29)20(16-4-6-19(7-5-16)28(31)32)21(23(27)30)26-14-12-25(3)13-15-26/h4-11H,12-15H2,1-3H3. The second-order valence-electron chi connectivity index (χ2n) is 8.17. The number of carbonyl (C=O) groups excluding carboxylic acids is 2. The molecule has 0 radical (unpaired) electrons. The SMILES string of the molecule is CN1CCN(C2=C(c3ccc([N+](=O)[O-])cc3)C(=O)N(c3ccc(N(C)C)cc3)C2=O)CC1. The molecule has 4 rings (SSSR count). The monoisotopic (exact) mass is 435 g/mol. The number of benzene rings is 2. The van der Waals surface area contributed by atoms with E-state index in [-0.39, 0.29) is 17.2 Å². The zero-order valence-corrected chi connectivity index (χ0v) is 18.3. The molecule has 2 aromatic rings. The second kappa shape index (κ2) is 8.43. The third-order valence-electron chi connectivity index (χ3n) is 5.87. The summed E-state index contributed by atoms with van der Waals surface area (Å²) in [5, 5.41) is 11.1. The van der Waals surface area contributed by atoms with Crippen molar-refractivity contribution >= 4 is 34.4 Å². The van der Waals surface area contributed by atoms with E-state index in [0.29, 0.717) is 30.0 Å². The van der Waals surface area contributed by atoms with Crippen molar-refractivity contribution in [1.82, 2.24) is 9.80 Å². The highest BCUT2D eigenvalue weighted by Gasteiger charge is 2.43. The number of nitro benzene ring substituents is 1. The minimum Gasteiger partial charge on any atom is -0.378 e. The number of piperazine rings is 1. The Bertz CT molecular complexity index is 1080. The number of amides is 2. The van der Waals surface area contributed by atoms with Crippen LogP contribution in [0.3, 0.4) is 0 Å². The van der Waals surface area contributed by atoms with Crippen LogP contribution in [-0.2, 0) is 9.59 Å². The summed E-state index contributed by atoms with van der Waals surface area (Å²) >= 11 is 0. The molecule has 1 saturated heterocycles. The molecule has 9 nitrogen and oxygen atoms in total. The van der Waals surface area contributed by atoms with Crippen molar-refractivity contribution in [2.24, 2.45) is 0 Å². The van der Waals surface area contributed by atoms with Gasteiger partial charge in [0.2, 0.25) is 0 Å². The van der Waals surface area contributed by atoms with Crippen molar-refractivity contribution in [1.29, 1.82) is 0 Å². The van der Waals surface area contributed by atoms with Gasteiger partial charge in [-0.15, -0.1) is 0 Å². The summed E-state index contributed by atoms with van der Waals surface area (Å²) in [5.41, 5.74) is 2.52. The van der Waals surface area contributed by atoms with Crippen LogP contribution in [0.2, 0.25) is 0 Å². The van der Waals surface area contributed by atoms with Crippen LogP contribution in [0.25, 0.3) is 5.57 Å². The number of nitro groups is 1. The van der Waals surface area contributed by atoms with Crippen LogP contribution in [0.5, 0.6) is 0 Å². The summed E-state index contributed by atoms with van der Waals surface area (Å²) in [6.07, 6.45) is 0. The first kappa shape index (κ1) is 21.5. The topological polar surface area (TPSA) is 90.2 Å². The molecule has 9 heteroatoms. The number of non-ortho nitro benzene ring substituents is 1. The van der Waals surface area contributed by atoms with Gasteiger partial charge in [0.15, 0.2) is 0 Å². The summed E-state index contributed by atoms with van der Waals surface area (Å²) in [6.45, 7) is 2.79. The zero-order valence-electron chi connectivity index (χ0n) is 18.3. The van der Waals surface area contributed by atoms with E-state index in [2.05, 4.69) is 4.90 Å². The average Bonchev–Trinajstić information content (AvgIpc) is 3.04. The highest BCUT2D eigenvalue weighted by molar-refractivity contribution is 6.45. The lowest BCUT2D eigenvalue weighted by Gasteiger charge is -2.34. The number of nitrogens with zero attached hydrogens (tertiary/aromatic N) is 5. The van der Waals surface area contributed by atoms with E-state index < -0.39 is 10.8 Å². The van der Waals surface area contributed by atoms with Crippen molar-refractivity contribution in [2.45, 2.75) is 0 Å². The van der Waals surface area contributed by atoms with Crippen LogP contribution >= 0.6 is 0 Å². The summed E-state index contributed by atoms with van der Waals surface area (Å²) in [7, 11) is 5.85. The lowest BCUT2D eigenvalue weighted by Crippen LogP contribution is -2.46. The van der Waals surface area contributed by atoms with Gasteiger partial charge in [0.1, 0.15) is 5.70 Å². The number of hydrogen-bond acceptors (Lipinski definition) is 7. The van der Waals surface area contributed by atoms with Crippen LogP contribution in [0.4, 0.5) is 17.1 Å². The van der Waals surface area contributed by atoms with Gasteiger partial charge in [0.05, 0.1) is 16.2 Å². The average molecular weight is 435 g/mol. The first-order valence-electron chi connectivity index (χ1n) is 10.4. The van der Waals surface area contributed by atoms with E-state index in [1.165, 1.54) is 29.2 Å². The van der Waals surface area contributed by atoms with Gasteiger partial charge in [-0.25, -0.2) is 4.90 Å². The number of likely N-dealkylation sites (N-methyl/N-ethyl adjacent to an activating group) is 1. The lowest BCUT2D eigenvalue weighted by atomic mass is 10.0. The van der Waals surface area contributed by atoms with Crippen LogP contribution in [0.1, 0.15) is 5.56 Å². The minimum absolute atomic E-state index is 0.0663. The Kier molecular flexibility index (Phi) is 5.67. The van der Waals surface area contributed by atoms with Crippen LogP contribution < -0.4 is 9.80 Å². The maximum atomic E-state index is 13.5. The Morgan fingerprint density at radius 1 is 0.875 bits per heavy atom.